The van der Waals surface area contributed by atoms with Crippen molar-refractivity contribution >= 4 is 17.5 Å². The summed E-state index contributed by atoms with van der Waals surface area (Å²) in [6.45, 7) is 2.40. The highest BCUT2D eigenvalue weighted by molar-refractivity contribution is 6.17. The van der Waals surface area contributed by atoms with Crippen LogP contribution in [0.4, 0.5) is 0 Å². The van der Waals surface area contributed by atoms with Crippen LogP contribution in [0.15, 0.2) is 12.4 Å². The van der Waals surface area contributed by atoms with E-state index in [1.807, 2.05) is 22.7 Å². The zero-order valence-electron chi connectivity index (χ0n) is 10.6. The summed E-state index contributed by atoms with van der Waals surface area (Å²) in [6, 6.07) is 0.465. The second kappa shape index (κ2) is 6.20. The van der Waals surface area contributed by atoms with Crippen LogP contribution in [0.25, 0.3) is 0 Å². The zero-order valence-corrected chi connectivity index (χ0v) is 11.4. The third kappa shape index (κ3) is 3.03. The smallest absolute Gasteiger partial charge is 0.223 e. The Morgan fingerprint density at radius 1 is 1.61 bits per heavy atom. The number of likely N-dealkylation sites (N-methyl/N-ethyl adjacent to an activating group) is 1. The fraction of sp³-hybridized carbons (Fsp3) is 0.667. The van der Waals surface area contributed by atoms with Crippen LogP contribution in [0.5, 0.6) is 0 Å². The van der Waals surface area contributed by atoms with Crippen LogP contribution in [-0.4, -0.2) is 52.4 Å². The molecular formula is C12H19ClN4O. The van der Waals surface area contributed by atoms with Gasteiger partial charge in [-0.2, -0.15) is 0 Å². The van der Waals surface area contributed by atoms with E-state index in [1.165, 1.54) is 0 Å². The Bertz CT molecular complexity index is 401. The quantitative estimate of drug-likeness (QED) is 0.766. The molecule has 1 aliphatic heterocycles. The van der Waals surface area contributed by atoms with Gasteiger partial charge in [-0.05, 0) is 7.05 Å². The number of hydrogen-bond donors (Lipinski definition) is 1. The predicted octanol–water partition coefficient (Wildman–Crippen LogP) is 0.485. The first-order valence-corrected chi connectivity index (χ1v) is 6.79. The maximum Gasteiger partial charge on any atom is 0.223 e. The van der Waals surface area contributed by atoms with Crippen molar-refractivity contribution in [2.75, 3.05) is 26.0 Å². The topological polar surface area (TPSA) is 50.2 Å². The highest BCUT2D eigenvalue weighted by atomic mass is 35.5. The largest absolute Gasteiger partial charge is 0.339 e. The van der Waals surface area contributed by atoms with Crippen molar-refractivity contribution in [1.29, 1.82) is 0 Å². The number of aromatic nitrogens is 2. The van der Waals surface area contributed by atoms with Gasteiger partial charge in [0, 0.05) is 56.8 Å². The summed E-state index contributed by atoms with van der Waals surface area (Å²) in [7, 11) is 1.93. The fourth-order valence-electron chi connectivity index (χ4n) is 2.10. The fourth-order valence-corrected chi connectivity index (χ4v) is 2.29. The number of amides is 1. The van der Waals surface area contributed by atoms with Crippen molar-refractivity contribution in [2.45, 2.75) is 25.4 Å². The van der Waals surface area contributed by atoms with Gasteiger partial charge in [0.05, 0.1) is 0 Å². The minimum absolute atomic E-state index is 0.210. The summed E-state index contributed by atoms with van der Waals surface area (Å²) >= 11 is 5.71. The van der Waals surface area contributed by atoms with E-state index in [4.69, 9.17) is 11.6 Å². The molecule has 2 rings (SSSR count). The average Bonchev–Trinajstić information content (AvgIpc) is 2.73. The molecule has 1 aromatic rings. The number of nitrogens with zero attached hydrogens (tertiary/aromatic N) is 3. The summed E-state index contributed by atoms with van der Waals surface area (Å²) in [5.74, 6) is 1.71. The molecule has 18 heavy (non-hydrogen) atoms. The molecule has 1 fully saturated rings. The molecule has 0 bridgehead atoms. The Hall–Kier alpha value is -1.07. The van der Waals surface area contributed by atoms with Gasteiger partial charge in [0.1, 0.15) is 5.82 Å². The highest BCUT2D eigenvalue weighted by Gasteiger charge is 2.28. The van der Waals surface area contributed by atoms with Crippen LogP contribution in [-0.2, 0) is 17.8 Å². The molecule has 100 valence electrons. The lowest BCUT2D eigenvalue weighted by atomic mass is 10.1. The van der Waals surface area contributed by atoms with Gasteiger partial charge in [0.2, 0.25) is 5.91 Å². The van der Waals surface area contributed by atoms with Gasteiger partial charge >= 0.3 is 0 Å². The van der Waals surface area contributed by atoms with Crippen LogP contribution in [0.2, 0.25) is 0 Å². The molecule has 0 radical (unpaired) electrons. The van der Waals surface area contributed by atoms with Gasteiger partial charge in [0.15, 0.2) is 0 Å². The van der Waals surface area contributed by atoms with Gasteiger partial charge in [-0.15, -0.1) is 11.6 Å². The van der Waals surface area contributed by atoms with Crippen LogP contribution < -0.4 is 5.32 Å². The Balaban J connectivity index is 1.77. The molecule has 1 N–H and O–H groups in total. The lowest BCUT2D eigenvalue weighted by Crippen LogP contribution is -2.58. The third-order valence-corrected chi connectivity index (χ3v) is 3.50. The van der Waals surface area contributed by atoms with Crippen molar-refractivity contribution in [3.8, 4) is 0 Å². The van der Waals surface area contributed by atoms with Gasteiger partial charge in [0.25, 0.3) is 0 Å². The Morgan fingerprint density at radius 3 is 3.06 bits per heavy atom. The average molecular weight is 271 g/mol. The molecule has 0 unspecified atom stereocenters. The Kier molecular flexibility index (Phi) is 4.60. The molecule has 1 aromatic heterocycles. The standard InChI is InChI=1S/C12H19ClN4O/c1-14-10-8-17(9-10)12(18)3-2-11-15-5-7-16(11)6-4-13/h5,7,10,14H,2-4,6,8-9H2,1H3. The summed E-state index contributed by atoms with van der Waals surface area (Å²) in [5.41, 5.74) is 0. The molecular weight excluding hydrogens is 252 g/mol. The second-order valence-electron chi connectivity index (χ2n) is 4.51. The number of imidazole rings is 1. The van der Waals surface area contributed by atoms with Crippen molar-refractivity contribution in [3.63, 3.8) is 0 Å². The SMILES string of the molecule is CNC1CN(C(=O)CCc2nccn2CCCl)C1. The highest BCUT2D eigenvalue weighted by Crippen LogP contribution is 2.11. The first-order chi connectivity index (χ1) is 8.74. The van der Waals surface area contributed by atoms with Crippen molar-refractivity contribution < 1.29 is 4.79 Å². The van der Waals surface area contributed by atoms with E-state index in [0.29, 0.717) is 24.8 Å². The summed E-state index contributed by atoms with van der Waals surface area (Å²) in [6.07, 6.45) is 4.87. The molecule has 1 amide bonds. The normalized spacial score (nSPS) is 15.8. The van der Waals surface area contributed by atoms with Gasteiger partial charge in [-0.3, -0.25) is 4.79 Å². The van der Waals surface area contributed by atoms with Crippen LogP contribution in [0, 0.1) is 0 Å². The van der Waals surface area contributed by atoms with Crippen molar-refractivity contribution in [3.05, 3.63) is 18.2 Å². The monoisotopic (exact) mass is 270 g/mol. The zero-order chi connectivity index (χ0) is 13.0. The number of alkyl halides is 1. The minimum atomic E-state index is 0.210. The van der Waals surface area contributed by atoms with E-state index >= 15 is 0 Å². The Labute approximate surface area is 112 Å². The molecule has 1 aliphatic rings. The maximum absolute atomic E-state index is 11.9. The number of rotatable bonds is 6. The number of carbonyl (C=O) groups excluding carboxylic acids is 1. The van der Waals surface area contributed by atoms with Gasteiger partial charge < -0.3 is 14.8 Å². The second-order valence-corrected chi connectivity index (χ2v) is 4.89. The summed E-state index contributed by atoms with van der Waals surface area (Å²) < 4.78 is 2.01. The lowest BCUT2D eigenvalue weighted by molar-refractivity contribution is -0.135. The molecule has 0 aromatic carbocycles. The van der Waals surface area contributed by atoms with Crippen LogP contribution >= 0.6 is 11.6 Å². The van der Waals surface area contributed by atoms with Gasteiger partial charge in [-0.25, -0.2) is 4.98 Å². The number of halogens is 1. The van der Waals surface area contributed by atoms with Crippen molar-refractivity contribution in [2.24, 2.45) is 0 Å². The molecule has 0 aliphatic carbocycles. The first kappa shape index (κ1) is 13.4. The number of hydrogen-bond acceptors (Lipinski definition) is 3. The van der Waals surface area contributed by atoms with E-state index < -0.39 is 0 Å². The van der Waals surface area contributed by atoms with E-state index in [9.17, 15) is 4.79 Å². The molecule has 2 heterocycles. The van der Waals surface area contributed by atoms with E-state index in [0.717, 1.165) is 25.5 Å². The van der Waals surface area contributed by atoms with Crippen molar-refractivity contribution in [1.82, 2.24) is 19.8 Å². The molecule has 5 nitrogen and oxygen atoms in total. The molecule has 6 heteroatoms. The number of carbonyl (C=O) groups is 1. The summed E-state index contributed by atoms with van der Waals surface area (Å²) in [4.78, 5) is 18.0. The first-order valence-electron chi connectivity index (χ1n) is 6.25. The minimum Gasteiger partial charge on any atom is -0.339 e. The third-order valence-electron chi connectivity index (χ3n) is 3.33. The van der Waals surface area contributed by atoms with Gasteiger partial charge in [-0.1, -0.05) is 0 Å². The van der Waals surface area contributed by atoms with E-state index in [2.05, 4.69) is 10.3 Å². The van der Waals surface area contributed by atoms with E-state index in [-0.39, 0.29) is 5.91 Å². The van der Waals surface area contributed by atoms with E-state index in [1.54, 1.807) is 6.20 Å². The molecule has 0 spiro atoms. The van der Waals surface area contributed by atoms with Crippen LogP contribution in [0.1, 0.15) is 12.2 Å². The maximum atomic E-state index is 11.9. The van der Waals surface area contributed by atoms with Crippen LogP contribution in [0.3, 0.4) is 0 Å². The Morgan fingerprint density at radius 2 is 2.39 bits per heavy atom. The lowest BCUT2D eigenvalue weighted by Gasteiger charge is -2.39. The number of nitrogens with one attached hydrogen (secondary N) is 1. The summed E-state index contributed by atoms with van der Waals surface area (Å²) in [5, 5.41) is 3.16. The molecule has 1 saturated heterocycles. The molecule has 0 atom stereocenters. The predicted molar refractivity (Wildman–Crippen MR) is 70.7 cm³/mol. The molecule has 0 saturated carbocycles. The number of aryl methyl sites for hydroxylation is 2. The number of likely N-dealkylation sites (tertiary alicyclic amines) is 1.